The predicted molar refractivity (Wildman–Crippen MR) is 32.4 cm³/mol. The first-order valence-corrected chi connectivity index (χ1v) is 3.27. The topological polar surface area (TPSA) is 68.1 Å². The molecule has 5 heteroatoms. The van der Waals surface area contributed by atoms with Gasteiger partial charge in [-0.1, -0.05) is 0 Å². The number of H-pyrrole nitrogens is 4. The van der Waals surface area contributed by atoms with Gasteiger partial charge in [0.15, 0.2) is 0 Å². The first-order valence-electron chi connectivity index (χ1n) is 3.27. The van der Waals surface area contributed by atoms with Gasteiger partial charge in [-0.2, -0.15) is 4.80 Å². The highest BCUT2D eigenvalue weighted by Gasteiger charge is 2.18. The highest BCUT2D eigenvalue weighted by Crippen LogP contribution is 2.28. The van der Waals surface area contributed by atoms with Gasteiger partial charge in [0, 0.05) is 0 Å². The average Bonchev–Trinajstić information content (AvgIpc) is 2.11. The number of aromatic nitrogens is 5. The average molecular weight is 129 g/mol. The first kappa shape index (κ1) is 4.84. The lowest BCUT2D eigenvalue weighted by molar-refractivity contribution is 0.255. The molecule has 1 aromatic rings. The molecule has 0 atom stereocenters. The van der Waals surface area contributed by atoms with Crippen LogP contribution in [0.2, 0.25) is 0 Å². The van der Waals surface area contributed by atoms with E-state index >= 15 is 0 Å². The Balaban J connectivity index is 2.14. The molecule has 0 aromatic carbocycles. The molecule has 0 saturated heterocycles. The Morgan fingerprint density at radius 3 is 2.22 bits per heavy atom. The van der Waals surface area contributed by atoms with Crippen molar-refractivity contribution in [1.82, 2.24) is 25.7 Å². The van der Waals surface area contributed by atoms with Crippen LogP contribution in [-0.4, -0.2) is 25.7 Å². The van der Waals surface area contributed by atoms with Crippen molar-refractivity contribution in [3.8, 4) is 0 Å². The molecule has 2 rings (SSSR count). The molecule has 1 saturated carbocycles. The van der Waals surface area contributed by atoms with Gasteiger partial charge in [0.2, 0.25) is 0 Å². The third-order valence-electron chi connectivity index (χ3n) is 1.86. The van der Waals surface area contributed by atoms with E-state index < -0.39 is 0 Å². The van der Waals surface area contributed by atoms with Gasteiger partial charge in [0.25, 0.3) is 0 Å². The minimum absolute atomic E-state index is 0.660. The number of hydrogen-bond acceptors (Lipinski definition) is 0. The summed E-state index contributed by atoms with van der Waals surface area (Å²) < 4.78 is 0. The zero-order valence-corrected chi connectivity index (χ0v) is 5.15. The molecule has 5 nitrogen and oxygen atoms in total. The van der Waals surface area contributed by atoms with Gasteiger partial charge in [-0.25, -0.2) is 20.9 Å². The summed E-state index contributed by atoms with van der Waals surface area (Å²) in [5.74, 6) is 0. The molecule has 0 spiro atoms. The van der Waals surface area contributed by atoms with Crippen LogP contribution in [0.3, 0.4) is 0 Å². The van der Waals surface area contributed by atoms with Crippen LogP contribution in [0.4, 0.5) is 0 Å². The quantitative estimate of drug-likeness (QED) is 0.430. The Hall–Kier alpha value is -1.00. The standard InChI is InChI=1S/C4H11N5/c1-2-4(3-1)9-7-5-6-8-9/h4-8H,1-3H2. The van der Waals surface area contributed by atoms with Crippen LogP contribution < -0.4 is 0 Å². The third-order valence-corrected chi connectivity index (χ3v) is 1.86. The van der Waals surface area contributed by atoms with E-state index in [1.54, 1.807) is 0 Å². The Morgan fingerprint density at radius 1 is 1.11 bits per heavy atom. The van der Waals surface area contributed by atoms with E-state index in [-0.39, 0.29) is 0 Å². The van der Waals surface area contributed by atoms with Crippen molar-refractivity contribution in [1.29, 1.82) is 0 Å². The maximum atomic E-state index is 2.92. The molecule has 1 aliphatic rings. The van der Waals surface area contributed by atoms with Crippen LogP contribution in [-0.2, 0) is 0 Å². The van der Waals surface area contributed by atoms with Crippen molar-refractivity contribution in [2.75, 3.05) is 0 Å². The van der Waals surface area contributed by atoms with Crippen LogP contribution >= 0.6 is 0 Å². The van der Waals surface area contributed by atoms with Crippen molar-refractivity contribution in [2.45, 2.75) is 25.3 Å². The molecule has 9 heavy (non-hydrogen) atoms. The largest absolute Gasteiger partial charge is 0.213 e. The van der Waals surface area contributed by atoms with E-state index in [9.17, 15) is 0 Å². The maximum Gasteiger partial charge on any atom is 0.0703 e. The second-order valence-electron chi connectivity index (χ2n) is 2.43. The van der Waals surface area contributed by atoms with Gasteiger partial charge >= 0.3 is 0 Å². The molecular formula is C4H11N5. The second-order valence-corrected chi connectivity index (χ2v) is 2.43. The normalized spacial score (nSPS) is 19.6. The van der Waals surface area contributed by atoms with Crippen molar-refractivity contribution in [2.24, 2.45) is 0 Å². The Labute approximate surface area is 52.0 Å². The van der Waals surface area contributed by atoms with E-state index in [0.717, 1.165) is 0 Å². The van der Waals surface area contributed by atoms with Crippen LogP contribution in [0, 0.1) is 0 Å². The summed E-state index contributed by atoms with van der Waals surface area (Å²) in [5, 5.41) is 11.3. The molecule has 0 aliphatic heterocycles. The molecule has 0 unspecified atom stereocenters. The number of nitrogens with zero attached hydrogens (tertiary/aromatic N) is 1. The third kappa shape index (κ3) is 0.684. The molecule has 4 N–H and O–H groups in total. The van der Waals surface area contributed by atoms with Crippen molar-refractivity contribution < 1.29 is 0 Å². The summed E-state index contributed by atoms with van der Waals surface area (Å²) in [6, 6.07) is 0.660. The number of nitrogens with one attached hydrogen (secondary N) is 4. The highest BCUT2D eigenvalue weighted by atomic mass is 15.7. The van der Waals surface area contributed by atoms with Crippen LogP contribution in [0.25, 0.3) is 0 Å². The number of aromatic amines is 4. The highest BCUT2D eigenvalue weighted by molar-refractivity contribution is 4.69. The van der Waals surface area contributed by atoms with Crippen LogP contribution in [0.1, 0.15) is 25.3 Å². The zero-order valence-electron chi connectivity index (χ0n) is 5.15. The lowest BCUT2D eigenvalue weighted by Crippen LogP contribution is -2.19. The lowest BCUT2D eigenvalue weighted by atomic mass is 9.94. The molecule has 1 aliphatic carbocycles. The summed E-state index contributed by atoms with van der Waals surface area (Å²) >= 11 is 0. The van der Waals surface area contributed by atoms with Crippen molar-refractivity contribution >= 4 is 0 Å². The molecular weight excluding hydrogens is 118 g/mol. The Bertz CT molecular complexity index is 177. The van der Waals surface area contributed by atoms with Crippen LogP contribution in [0.15, 0.2) is 0 Å². The second kappa shape index (κ2) is 1.75. The van der Waals surface area contributed by atoms with Gasteiger partial charge in [0.1, 0.15) is 0 Å². The molecule has 1 aromatic heterocycles. The van der Waals surface area contributed by atoms with E-state index in [1.165, 1.54) is 19.3 Å². The van der Waals surface area contributed by atoms with Crippen molar-refractivity contribution in [3.63, 3.8) is 0 Å². The minimum Gasteiger partial charge on any atom is -0.213 e. The minimum atomic E-state index is 0.660. The lowest BCUT2D eigenvalue weighted by Gasteiger charge is -2.24. The predicted octanol–water partition coefficient (Wildman–Crippen LogP) is 0.650. The summed E-state index contributed by atoms with van der Waals surface area (Å²) in [6.45, 7) is 0. The van der Waals surface area contributed by atoms with E-state index in [4.69, 9.17) is 0 Å². The number of hydrogen-bond donors (Lipinski definition) is 4. The molecule has 0 amide bonds. The SMILES string of the molecule is C1CC(n2[nH][nH][nH][nH]2)C1. The maximum absolute atomic E-state index is 2.92. The van der Waals surface area contributed by atoms with E-state index in [1.807, 2.05) is 4.80 Å². The fraction of sp³-hybridized carbons (Fsp3) is 1.00. The summed E-state index contributed by atoms with van der Waals surface area (Å²) in [5.41, 5.74) is 0. The zero-order chi connectivity index (χ0) is 6.10. The van der Waals surface area contributed by atoms with Crippen LogP contribution in [0.5, 0.6) is 0 Å². The molecule has 0 radical (unpaired) electrons. The fourth-order valence-corrected chi connectivity index (χ4v) is 1.03. The molecule has 0 bridgehead atoms. The van der Waals surface area contributed by atoms with Gasteiger partial charge in [0.05, 0.1) is 6.04 Å². The first-order chi connectivity index (χ1) is 4.47. The Kier molecular flexibility index (Phi) is 0.941. The van der Waals surface area contributed by atoms with Gasteiger partial charge in [-0.05, 0) is 19.3 Å². The molecule has 52 valence electrons. The summed E-state index contributed by atoms with van der Waals surface area (Å²) in [6.07, 6.45) is 3.91. The van der Waals surface area contributed by atoms with Gasteiger partial charge in [-0.3, -0.25) is 0 Å². The smallest absolute Gasteiger partial charge is 0.0703 e. The van der Waals surface area contributed by atoms with Gasteiger partial charge in [-0.15, -0.1) is 0 Å². The Morgan fingerprint density at radius 2 is 1.78 bits per heavy atom. The monoisotopic (exact) mass is 129 g/mol. The molecule has 1 fully saturated rings. The summed E-state index contributed by atoms with van der Waals surface area (Å²) in [4.78, 5) is 1.95. The number of rotatable bonds is 1. The molecule has 1 heterocycles. The van der Waals surface area contributed by atoms with E-state index in [2.05, 4.69) is 20.9 Å². The van der Waals surface area contributed by atoms with E-state index in [0.29, 0.717) is 6.04 Å². The van der Waals surface area contributed by atoms with Gasteiger partial charge < -0.3 is 0 Å². The van der Waals surface area contributed by atoms with Crippen molar-refractivity contribution in [3.05, 3.63) is 0 Å². The summed E-state index contributed by atoms with van der Waals surface area (Å²) in [7, 11) is 0. The fourth-order valence-electron chi connectivity index (χ4n) is 1.03.